The van der Waals surface area contributed by atoms with Crippen molar-refractivity contribution in [2.24, 2.45) is 0 Å². The second-order valence-corrected chi connectivity index (χ2v) is 5.60. The van der Waals surface area contributed by atoms with E-state index in [0.29, 0.717) is 11.8 Å². The molecule has 4 nitrogen and oxygen atoms in total. The van der Waals surface area contributed by atoms with E-state index in [1.165, 1.54) is 18.5 Å². The molecule has 1 aliphatic carbocycles. The van der Waals surface area contributed by atoms with Crippen LogP contribution in [0.4, 0.5) is 0 Å². The zero-order chi connectivity index (χ0) is 12.4. The standard InChI is InChI=1S/C13H17N3OS/c17-7-8-18-13-11(9-14-10-4-5-10)16-6-2-1-3-12(16)15-13/h1-3,6,10,14,17H,4-5,7-9H2. The number of imidazole rings is 1. The average molecular weight is 263 g/mol. The third kappa shape index (κ3) is 2.53. The van der Waals surface area contributed by atoms with E-state index in [1.807, 2.05) is 18.2 Å². The molecule has 96 valence electrons. The van der Waals surface area contributed by atoms with Gasteiger partial charge in [-0.05, 0) is 25.0 Å². The van der Waals surface area contributed by atoms with E-state index in [1.54, 1.807) is 11.8 Å². The number of aromatic nitrogens is 2. The molecule has 1 aliphatic rings. The highest BCUT2D eigenvalue weighted by atomic mass is 32.2. The normalized spacial score (nSPS) is 15.4. The van der Waals surface area contributed by atoms with E-state index in [4.69, 9.17) is 5.11 Å². The maximum absolute atomic E-state index is 8.95. The minimum Gasteiger partial charge on any atom is -0.396 e. The number of hydrogen-bond acceptors (Lipinski definition) is 4. The lowest BCUT2D eigenvalue weighted by molar-refractivity contribution is 0.322. The summed E-state index contributed by atoms with van der Waals surface area (Å²) in [4.78, 5) is 4.62. The number of thioether (sulfide) groups is 1. The zero-order valence-corrected chi connectivity index (χ0v) is 11.0. The average Bonchev–Trinajstić information content (AvgIpc) is 3.15. The summed E-state index contributed by atoms with van der Waals surface area (Å²) in [5.41, 5.74) is 2.18. The Hall–Kier alpha value is -1.04. The van der Waals surface area contributed by atoms with Gasteiger partial charge in [-0.15, -0.1) is 11.8 Å². The van der Waals surface area contributed by atoms with Gasteiger partial charge in [-0.25, -0.2) is 4.98 Å². The summed E-state index contributed by atoms with van der Waals surface area (Å²) < 4.78 is 2.13. The van der Waals surface area contributed by atoms with Gasteiger partial charge in [0, 0.05) is 24.5 Å². The molecule has 0 aliphatic heterocycles. The molecule has 3 rings (SSSR count). The molecule has 5 heteroatoms. The van der Waals surface area contributed by atoms with Crippen LogP contribution < -0.4 is 5.32 Å². The molecule has 0 saturated heterocycles. The molecule has 0 aromatic carbocycles. The Morgan fingerprint density at radius 3 is 3.11 bits per heavy atom. The van der Waals surface area contributed by atoms with Crippen molar-refractivity contribution < 1.29 is 5.11 Å². The first-order chi connectivity index (χ1) is 8.88. The Labute approximate surface area is 110 Å². The first-order valence-electron chi connectivity index (χ1n) is 6.31. The van der Waals surface area contributed by atoms with Gasteiger partial charge in [-0.3, -0.25) is 0 Å². The van der Waals surface area contributed by atoms with Crippen LogP contribution in [0.5, 0.6) is 0 Å². The molecule has 0 bridgehead atoms. The Kier molecular flexibility index (Phi) is 3.54. The van der Waals surface area contributed by atoms with Crippen LogP contribution in [0.1, 0.15) is 18.5 Å². The van der Waals surface area contributed by atoms with Crippen LogP contribution in [0.2, 0.25) is 0 Å². The summed E-state index contributed by atoms with van der Waals surface area (Å²) >= 11 is 1.62. The maximum atomic E-state index is 8.95. The smallest absolute Gasteiger partial charge is 0.138 e. The lowest BCUT2D eigenvalue weighted by Gasteiger charge is -2.05. The summed E-state index contributed by atoms with van der Waals surface area (Å²) in [6.45, 7) is 1.04. The Morgan fingerprint density at radius 1 is 1.44 bits per heavy atom. The predicted molar refractivity (Wildman–Crippen MR) is 72.9 cm³/mol. The molecule has 2 aromatic heterocycles. The number of rotatable bonds is 6. The largest absolute Gasteiger partial charge is 0.396 e. The number of fused-ring (bicyclic) bond motifs is 1. The van der Waals surface area contributed by atoms with Crippen molar-refractivity contribution in [1.29, 1.82) is 0 Å². The third-order valence-electron chi connectivity index (χ3n) is 3.06. The topological polar surface area (TPSA) is 49.6 Å². The number of aliphatic hydroxyl groups is 1. The number of nitrogens with zero attached hydrogens (tertiary/aromatic N) is 2. The summed E-state index contributed by atoms with van der Waals surface area (Å²) in [6, 6.07) is 6.73. The van der Waals surface area contributed by atoms with Crippen LogP contribution >= 0.6 is 11.8 Å². The molecule has 2 aromatic rings. The molecule has 1 fully saturated rings. The van der Waals surface area contributed by atoms with Crippen molar-refractivity contribution in [3.63, 3.8) is 0 Å². The zero-order valence-electron chi connectivity index (χ0n) is 10.2. The highest BCUT2D eigenvalue weighted by molar-refractivity contribution is 7.99. The van der Waals surface area contributed by atoms with E-state index < -0.39 is 0 Å². The van der Waals surface area contributed by atoms with E-state index >= 15 is 0 Å². The van der Waals surface area contributed by atoms with Gasteiger partial charge in [0.05, 0.1) is 12.3 Å². The monoisotopic (exact) mass is 263 g/mol. The first-order valence-corrected chi connectivity index (χ1v) is 7.30. The minimum atomic E-state index is 0.189. The molecule has 18 heavy (non-hydrogen) atoms. The van der Waals surface area contributed by atoms with Crippen molar-refractivity contribution in [3.05, 3.63) is 30.1 Å². The van der Waals surface area contributed by atoms with Crippen molar-refractivity contribution in [3.8, 4) is 0 Å². The lowest BCUT2D eigenvalue weighted by atomic mass is 10.4. The number of pyridine rings is 1. The van der Waals surface area contributed by atoms with Crippen molar-refractivity contribution in [2.45, 2.75) is 30.5 Å². The van der Waals surface area contributed by atoms with Gasteiger partial charge in [0.2, 0.25) is 0 Å². The SMILES string of the molecule is OCCSc1nc2ccccn2c1CNC1CC1. The van der Waals surface area contributed by atoms with Gasteiger partial charge >= 0.3 is 0 Å². The van der Waals surface area contributed by atoms with Gasteiger partial charge in [0.1, 0.15) is 10.7 Å². The van der Waals surface area contributed by atoms with E-state index in [0.717, 1.165) is 17.2 Å². The molecule has 0 atom stereocenters. The Morgan fingerprint density at radius 2 is 2.33 bits per heavy atom. The van der Waals surface area contributed by atoms with Gasteiger partial charge in [-0.1, -0.05) is 6.07 Å². The maximum Gasteiger partial charge on any atom is 0.138 e. The van der Waals surface area contributed by atoms with Gasteiger partial charge in [0.15, 0.2) is 0 Å². The predicted octanol–water partition coefficient (Wildman–Crippen LogP) is 1.67. The molecule has 2 heterocycles. The van der Waals surface area contributed by atoms with Crippen LogP contribution in [0.3, 0.4) is 0 Å². The first kappa shape index (κ1) is 12.0. The molecule has 0 unspecified atom stereocenters. The third-order valence-corrected chi connectivity index (χ3v) is 4.04. The van der Waals surface area contributed by atoms with Gasteiger partial charge in [0.25, 0.3) is 0 Å². The molecule has 1 saturated carbocycles. The van der Waals surface area contributed by atoms with Crippen LogP contribution in [0, 0.1) is 0 Å². The molecule has 2 N–H and O–H groups in total. The fraction of sp³-hybridized carbons (Fsp3) is 0.462. The highest BCUT2D eigenvalue weighted by Crippen LogP contribution is 2.25. The number of aliphatic hydroxyl groups excluding tert-OH is 1. The molecule has 0 amide bonds. The number of nitrogens with one attached hydrogen (secondary N) is 1. The Bertz CT molecular complexity index is 536. The van der Waals surface area contributed by atoms with Gasteiger partial charge < -0.3 is 14.8 Å². The van der Waals surface area contributed by atoms with Crippen molar-refractivity contribution >= 4 is 17.4 Å². The van der Waals surface area contributed by atoms with Crippen molar-refractivity contribution in [2.75, 3.05) is 12.4 Å². The number of hydrogen-bond donors (Lipinski definition) is 2. The summed E-state index contributed by atoms with van der Waals surface area (Å²) in [5, 5.41) is 13.5. The van der Waals surface area contributed by atoms with Crippen LogP contribution in [0.25, 0.3) is 5.65 Å². The van der Waals surface area contributed by atoms with E-state index in [9.17, 15) is 0 Å². The second-order valence-electron chi connectivity index (χ2n) is 4.52. The molecular weight excluding hydrogens is 246 g/mol. The summed E-state index contributed by atoms with van der Waals surface area (Å²) in [7, 11) is 0. The quantitative estimate of drug-likeness (QED) is 0.778. The molecule has 0 radical (unpaired) electrons. The van der Waals surface area contributed by atoms with E-state index in [2.05, 4.69) is 20.9 Å². The van der Waals surface area contributed by atoms with Gasteiger partial charge in [-0.2, -0.15) is 0 Å². The van der Waals surface area contributed by atoms with E-state index in [-0.39, 0.29) is 6.61 Å². The fourth-order valence-corrected chi connectivity index (χ4v) is 2.75. The summed E-state index contributed by atoms with van der Waals surface area (Å²) in [6.07, 6.45) is 4.63. The molecular formula is C13H17N3OS. The highest BCUT2D eigenvalue weighted by Gasteiger charge is 2.21. The summed E-state index contributed by atoms with van der Waals surface area (Å²) in [5.74, 6) is 0.695. The van der Waals surface area contributed by atoms with Crippen LogP contribution in [0.15, 0.2) is 29.4 Å². The fourth-order valence-electron chi connectivity index (χ4n) is 1.97. The Balaban J connectivity index is 1.88. The lowest BCUT2D eigenvalue weighted by Crippen LogP contribution is -2.17. The minimum absolute atomic E-state index is 0.189. The van der Waals surface area contributed by atoms with Crippen LogP contribution in [-0.4, -0.2) is 32.9 Å². The molecule has 0 spiro atoms. The second kappa shape index (κ2) is 5.30. The van der Waals surface area contributed by atoms with Crippen molar-refractivity contribution in [1.82, 2.24) is 14.7 Å². The van der Waals surface area contributed by atoms with Crippen LogP contribution in [-0.2, 0) is 6.54 Å².